The summed E-state index contributed by atoms with van der Waals surface area (Å²) in [6.45, 7) is 5.93. The average Bonchev–Trinajstić information content (AvgIpc) is 2.46. The zero-order chi connectivity index (χ0) is 13.8. The molecule has 2 nitrogen and oxygen atoms in total. The van der Waals surface area contributed by atoms with Crippen LogP contribution in [0.25, 0.3) is 0 Å². The van der Waals surface area contributed by atoms with Gasteiger partial charge >= 0.3 is 0 Å². The van der Waals surface area contributed by atoms with Crippen LogP contribution >= 0.6 is 0 Å². The molecule has 0 spiro atoms. The molecular formula is C16H28O2Si. The van der Waals surface area contributed by atoms with Gasteiger partial charge in [-0.05, 0) is 24.2 Å². The van der Waals surface area contributed by atoms with Crippen molar-refractivity contribution in [2.75, 3.05) is 13.2 Å². The van der Waals surface area contributed by atoms with Crippen molar-refractivity contribution in [2.45, 2.75) is 51.6 Å². The van der Waals surface area contributed by atoms with E-state index in [4.69, 9.17) is 9.16 Å². The van der Waals surface area contributed by atoms with Crippen molar-refractivity contribution in [1.29, 1.82) is 0 Å². The van der Waals surface area contributed by atoms with Crippen molar-refractivity contribution in [3.05, 3.63) is 30.3 Å². The minimum Gasteiger partial charge on any atom is -0.491 e. The third-order valence-electron chi connectivity index (χ3n) is 3.21. The minimum absolute atomic E-state index is 0.672. The number of rotatable bonds is 11. The molecule has 0 aliphatic carbocycles. The maximum absolute atomic E-state index is 6.08. The fourth-order valence-corrected chi connectivity index (χ4v) is 4.84. The van der Waals surface area contributed by atoms with Crippen molar-refractivity contribution < 1.29 is 9.16 Å². The average molecular weight is 280 g/mol. The molecule has 3 heteroatoms. The lowest BCUT2D eigenvalue weighted by molar-refractivity contribution is 0.215. The Morgan fingerprint density at radius 3 is 2.11 bits per heavy atom. The third-order valence-corrected chi connectivity index (χ3v) is 6.02. The second kappa shape index (κ2) is 11.1. The van der Waals surface area contributed by atoms with Crippen LogP contribution in [-0.2, 0) is 4.43 Å². The molecule has 0 amide bonds. The van der Waals surface area contributed by atoms with Gasteiger partial charge in [-0.15, -0.1) is 0 Å². The Balaban J connectivity index is 2.16. The van der Waals surface area contributed by atoms with E-state index in [1.54, 1.807) is 0 Å². The van der Waals surface area contributed by atoms with E-state index in [0.717, 1.165) is 12.4 Å². The van der Waals surface area contributed by atoms with Crippen LogP contribution in [-0.4, -0.2) is 22.3 Å². The van der Waals surface area contributed by atoms with Crippen LogP contribution in [0.5, 0.6) is 5.75 Å². The highest BCUT2D eigenvalue weighted by molar-refractivity contribution is 6.51. The Bertz CT molecular complexity index is 295. The second-order valence-electron chi connectivity index (χ2n) is 4.94. The first-order valence-corrected chi connectivity index (χ1v) is 9.76. The first-order chi connectivity index (χ1) is 9.36. The van der Waals surface area contributed by atoms with Gasteiger partial charge in [0.05, 0.1) is 6.61 Å². The highest BCUT2D eigenvalue weighted by Crippen LogP contribution is 2.12. The van der Waals surface area contributed by atoms with Crippen LogP contribution in [0.3, 0.4) is 0 Å². The highest BCUT2D eigenvalue weighted by Gasteiger charge is 2.10. The summed E-state index contributed by atoms with van der Waals surface area (Å²) in [6.07, 6.45) is 5.19. The predicted octanol–water partition coefficient (Wildman–Crippen LogP) is 4.41. The number of benzene rings is 1. The van der Waals surface area contributed by atoms with Crippen LogP contribution in [0.4, 0.5) is 0 Å². The lowest BCUT2D eigenvalue weighted by Crippen LogP contribution is -2.21. The quantitative estimate of drug-likeness (QED) is 0.442. The summed E-state index contributed by atoms with van der Waals surface area (Å²) in [6, 6.07) is 12.6. The lowest BCUT2D eigenvalue weighted by atomic mass is 10.3. The van der Waals surface area contributed by atoms with Crippen LogP contribution in [0, 0.1) is 0 Å². The Kier molecular flexibility index (Phi) is 9.46. The van der Waals surface area contributed by atoms with E-state index >= 15 is 0 Å². The van der Waals surface area contributed by atoms with E-state index in [9.17, 15) is 0 Å². The van der Waals surface area contributed by atoms with Gasteiger partial charge in [0.15, 0.2) is 9.04 Å². The van der Waals surface area contributed by atoms with Crippen molar-refractivity contribution in [3.63, 3.8) is 0 Å². The number of hydrogen-bond acceptors (Lipinski definition) is 2. The zero-order valence-corrected chi connectivity index (χ0v) is 13.6. The molecule has 0 fully saturated rings. The molecule has 1 aromatic carbocycles. The Labute approximate surface area is 119 Å². The van der Waals surface area contributed by atoms with Gasteiger partial charge in [0.1, 0.15) is 12.4 Å². The number of unbranched alkanes of at least 4 members (excludes halogenated alkanes) is 2. The molecule has 0 unspecified atom stereocenters. The molecule has 0 bridgehead atoms. The summed E-state index contributed by atoms with van der Waals surface area (Å²) < 4.78 is 11.7. The molecule has 0 aromatic heterocycles. The molecular weight excluding hydrogens is 252 g/mol. The summed E-state index contributed by atoms with van der Waals surface area (Å²) in [5, 5.41) is 0. The number of para-hydroxylation sites is 1. The van der Waals surface area contributed by atoms with Crippen LogP contribution in [0.15, 0.2) is 30.3 Å². The summed E-state index contributed by atoms with van der Waals surface area (Å²) in [7, 11) is -0.975. The van der Waals surface area contributed by atoms with E-state index in [2.05, 4.69) is 13.8 Å². The van der Waals surface area contributed by atoms with Gasteiger partial charge in [0.25, 0.3) is 0 Å². The number of hydrogen-bond donors (Lipinski definition) is 0. The van der Waals surface area contributed by atoms with Gasteiger partial charge in [-0.3, -0.25) is 0 Å². The first-order valence-electron chi connectivity index (χ1n) is 7.66. The van der Waals surface area contributed by atoms with Gasteiger partial charge in [-0.2, -0.15) is 0 Å². The predicted molar refractivity (Wildman–Crippen MR) is 84.5 cm³/mol. The van der Waals surface area contributed by atoms with Gasteiger partial charge in [0, 0.05) is 0 Å². The van der Waals surface area contributed by atoms with E-state index in [1.807, 2.05) is 30.3 Å². The van der Waals surface area contributed by atoms with Crippen LogP contribution < -0.4 is 4.74 Å². The standard InChI is InChI=1S/C16H28O2Si/c1-3-5-14-19(15-6-4-2)18-13-12-17-16-10-8-7-9-11-16/h7-11,19H,3-6,12-15H2,1-2H3. The van der Waals surface area contributed by atoms with E-state index in [0.29, 0.717) is 6.61 Å². The second-order valence-corrected chi connectivity index (χ2v) is 7.67. The van der Waals surface area contributed by atoms with Crippen molar-refractivity contribution >= 4 is 9.04 Å². The van der Waals surface area contributed by atoms with Crippen LogP contribution in [0.1, 0.15) is 39.5 Å². The molecule has 0 aliphatic rings. The smallest absolute Gasteiger partial charge is 0.177 e. The molecule has 108 valence electrons. The number of ether oxygens (including phenoxy) is 1. The summed E-state index contributed by atoms with van der Waals surface area (Å²) in [5.41, 5.74) is 0. The minimum atomic E-state index is -0.975. The fourth-order valence-electron chi connectivity index (χ4n) is 2.07. The first kappa shape index (κ1) is 16.3. The van der Waals surface area contributed by atoms with Crippen molar-refractivity contribution in [1.82, 2.24) is 0 Å². The van der Waals surface area contributed by atoms with Crippen molar-refractivity contribution in [3.8, 4) is 5.75 Å². The maximum atomic E-state index is 6.08. The molecule has 0 heterocycles. The SMILES string of the molecule is CCCC[SiH](CCCC)OCCOc1ccccc1. The molecule has 19 heavy (non-hydrogen) atoms. The lowest BCUT2D eigenvalue weighted by Gasteiger charge is -2.16. The van der Waals surface area contributed by atoms with E-state index < -0.39 is 9.04 Å². The molecule has 1 rings (SSSR count). The molecule has 0 saturated heterocycles. The largest absolute Gasteiger partial charge is 0.491 e. The molecule has 0 atom stereocenters. The van der Waals surface area contributed by atoms with Gasteiger partial charge in [-0.1, -0.05) is 57.7 Å². The Morgan fingerprint density at radius 2 is 1.53 bits per heavy atom. The molecule has 0 saturated carbocycles. The molecule has 0 aliphatic heterocycles. The Morgan fingerprint density at radius 1 is 0.895 bits per heavy atom. The topological polar surface area (TPSA) is 18.5 Å². The van der Waals surface area contributed by atoms with Gasteiger partial charge in [-0.25, -0.2) is 0 Å². The third kappa shape index (κ3) is 8.06. The monoisotopic (exact) mass is 280 g/mol. The molecule has 1 aromatic rings. The molecule has 0 radical (unpaired) electrons. The normalized spacial score (nSPS) is 10.9. The fraction of sp³-hybridized carbons (Fsp3) is 0.625. The maximum Gasteiger partial charge on any atom is 0.177 e. The Hall–Kier alpha value is -0.803. The summed E-state index contributed by atoms with van der Waals surface area (Å²) >= 11 is 0. The van der Waals surface area contributed by atoms with Gasteiger partial charge in [0.2, 0.25) is 0 Å². The molecule has 0 N–H and O–H groups in total. The van der Waals surface area contributed by atoms with Crippen LogP contribution in [0.2, 0.25) is 12.1 Å². The van der Waals surface area contributed by atoms with E-state index in [-0.39, 0.29) is 0 Å². The zero-order valence-electron chi connectivity index (χ0n) is 12.4. The van der Waals surface area contributed by atoms with Crippen molar-refractivity contribution in [2.24, 2.45) is 0 Å². The summed E-state index contributed by atoms with van der Waals surface area (Å²) in [4.78, 5) is 0. The highest BCUT2D eigenvalue weighted by atomic mass is 28.3. The van der Waals surface area contributed by atoms with Gasteiger partial charge < -0.3 is 9.16 Å². The van der Waals surface area contributed by atoms with E-state index in [1.165, 1.54) is 37.8 Å². The summed E-state index contributed by atoms with van der Waals surface area (Å²) in [5.74, 6) is 0.937.